The molecule has 1 aromatic carbocycles. The van der Waals surface area contributed by atoms with Gasteiger partial charge in [-0.05, 0) is 42.5 Å². The molecule has 0 atom stereocenters. The van der Waals surface area contributed by atoms with Crippen LogP contribution in [0.15, 0.2) is 35.3 Å². The number of hydrogen-bond donors (Lipinski definition) is 0. The van der Waals surface area contributed by atoms with Crippen LogP contribution in [0, 0.1) is 6.92 Å². The van der Waals surface area contributed by atoms with E-state index in [-0.39, 0.29) is 5.97 Å². The molecule has 1 aromatic heterocycles. The first-order valence-electron chi connectivity index (χ1n) is 7.42. The number of rotatable bonds is 5. The van der Waals surface area contributed by atoms with Gasteiger partial charge in [0.1, 0.15) is 9.88 Å². The van der Waals surface area contributed by atoms with Crippen LogP contribution in [0.4, 0.5) is 5.00 Å². The van der Waals surface area contributed by atoms with Crippen LogP contribution in [0.1, 0.15) is 53.1 Å². The van der Waals surface area contributed by atoms with Crippen LogP contribution in [0.25, 0.3) is 0 Å². The van der Waals surface area contributed by atoms with E-state index in [2.05, 4.69) is 43.1 Å². The molecule has 0 amide bonds. The molecule has 0 aliphatic rings. The molecule has 2 aromatic rings. The molecule has 0 saturated carbocycles. The predicted molar refractivity (Wildman–Crippen MR) is 92.8 cm³/mol. The van der Waals surface area contributed by atoms with Crippen LogP contribution in [0.2, 0.25) is 0 Å². The molecule has 0 unspecified atom stereocenters. The van der Waals surface area contributed by atoms with Gasteiger partial charge in [0.2, 0.25) is 0 Å². The number of aliphatic imine (C=N–C) groups is 1. The van der Waals surface area contributed by atoms with E-state index in [0.29, 0.717) is 17.4 Å². The van der Waals surface area contributed by atoms with Crippen molar-refractivity contribution in [1.82, 2.24) is 0 Å². The molecule has 22 heavy (non-hydrogen) atoms. The SMILES string of the molecule is CCOC(=O)c1sc(N=Cc2ccc(C(C)C)cc2)cc1C. The van der Waals surface area contributed by atoms with Gasteiger partial charge < -0.3 is 4.74 Å². The second-order valence-corrected chi connectivity index (χ2v) is 6.43. The van der Waals surface area contributed by atoms with Crippen molar-refractivity contribution in [2.45, 2.75) is 33.6 Å². The van der Waals surface area contributed by atoms with Gasteiger partial charge in [0, 0.05) is 6.21 Å². The maximum atomic E-state index is 11.8. The number of ether oxygens (including phenoxy) is 1. The topological polar surface area (TPSA) is 38.7 Å². The smallest absolute Gasteiger partial charge is 0.348 e. The van der Waals surface area contributed by atoms with E-state index in [1.807, 2.05) is 19.2 Å². The van der Waals surface area contributed by atoms with E-state index in [1.165, 1.54) is 16.9 Å². The van der Waals surface area contributed by atoms with E-state index in [4.69, 9.17) is 4.74 Å². The Labute approximate surface area is 135 Å². The van der Waals surface area contributed by atoms with Gasteiger partial charge in [-0.25, -0.2) is 9.79 Å². The average Bonchev–Trinajstić information content (AvgIpc) is 2.87. The van der Waals surface area contributed by atoms with Crippen molar-refractivity contribution in [3.63, 3.8) is 0 Å². The van der Waals surface area contributed by atoms with Crippen molar-refractivity contribution < 1.29 is 9.53 Å². The number of hydrogen-bond acceptors (Lipinski definition) is 4. The summed E-state index contributed by atoms with van der Waals surface area (Å²) in [5, 5.41) is 0.813. The molecular weight excluding hydrogens is 294 g/mol. The standard InChI is InChI=1S/C18H21NO2S/c1-5-21-18(20)17-13(4)10-16(22-17)19-11-14-6-8-15(9-7-14)12(2)3/h6-12H,5H2,1-4H3. The highest BCUT2D eigenvalue weighted by Gasteiger charge is 2.14. The normalized spacial score (nSPS) is 11.3. The van der Waals surface area contributed by atoms with Crippen LogP contribution in [-0.4, -0.2) is 18.8 Å². The maximum absolute atomic E-state index is 11.8. The van der Waals surface area contributed by atoms with Gasteiger partial charge in [0.15, 0.2) is 0 Å². The highest BCUT2D eigenvalue weighted by molar-refractivity contribution is 7.17. The summed E-state index contributed by atoms with van der Waals surface area (Å²) in [5.74, 6) is 0.255. The Morgan fingerprint density at radius 3 is 2.59 bits per heavy atom. The van der Waals surface area contributed by atoms with E-state index in [9.17, 15) is 4.79 Å². The van der Waals surface area contributed by atoms with Gasteiger partial charge in [-0.3, -0.25) is 0 Å². The highest BCUT2D eigenvalue weighted by Crippen LogP contribution is 2.29. The molecular formula is C18H21NO2S. The summed E-state index contributed by atoms with van der Waals surface area (Å²) in [4.78, 5) is 16.9. The number of thiophene rings is 1. The predicted octanol–water partition coefficient (Wildman–Crippen LogP) is 5.11. The largest absolute Gasteiger partial charge is 0.462 e. The number of carbonyl (C=O) groups excluding carboxylic acids is 1. The summed E-state index contributed by atoms with van der Waals surface area (Å²) in [6.07, 6.45) is 1.82. The minimum Gasteiger partial charge on any atom is -0.462 e. The molecule has 4 heteroatoms. The molecule has 0 fully saturated rings. The number of esters is 1. The van der Waals surface area contributed by atoms with E-state index in [0.717, 1.165) is 16.1 Å². The van der Waals surface area contributed by atoms with Gasteiger partial charge in [-0.2, -0.15) is 0 Å². The molecule has 3 nitrogen and oxygen atoms in total. The molecule has 1 heterocycles. The Hall–Kier alpha value is -1.94. The zero-order valence-corrected chi connectivity index (χ0v) is 14.2. The van der Waals surface area contributed by atoms with Gasteiger partial charge >= 0.3 is 5.97 Å². The lowest BCUT2D eigenvalue weighted by Crippen LogP contribution is -2.03. The fraction of sp³-hybridized carbons (Fsp3) is 0.333. The lowest BCUT2D eigenvalue weighted by Gasteiger charge is -2.04. The second kappa shape index (κ2) is 7.36. The first-order chi connectivity index (χ1) is 10.5. The van der Waals surface area contributed by atoms with Crippen LogP contribution in [0.3, 0.4) is 0 Å². The third-order valence-corrected chi connectivity index (χ3v) is 4.43. The van der Waals surface area contributed by atoms with Crippen LogP contribution < -0.4 is 0 Å². The first kappa shape index (κ1) is 16.4. The number of nitrogens with zero attached hydrogens (tertiary/aromatic N) is 1. The van der Waals surface area contributed by atoms with Gasteiger partial charge in [0.25, 0.3) is 0 Å². The number of carbonyl (C=O) groups is 1. The van der Waals surface area contributed by atoms with Crippen molar-refractivity contribution in [3.05, 3.63) is 51.9 Å². The summed E-state index contributed by atoms with van der Waals surface area (Å²) in [5.41, 5.74) is 3.27. The second-order valence-electron chi connectivity index (χ2n) is 5.40. The molecule has 0 bridgehead atoms. The van der Waals surface area contributed by atoms with Gasteiger partial charge in [-0.15, -0.1) is 11.3 Å². The quantitative estimate of drug-likeness (QED) is 0.568. The zero-order chi connectivity index (χ0) is 16.1. The van der Waals surface area contributed by atoms with Crippen molar-refractivity contribution in [3.8, 4) is 0 Å². The summed E-state index contributed by atoms with van der Waals surface area (Å²) in [7, 11) is 0. The monoisotopic (exact) mass is 315 g/mol. The summed E-state index contributed by atoms with van der Waals surface area (Å²) in [6.45, 7) is 8.44. The minimum atomic E-state index is -0.271. The Kier molecular flexibility index (Phi) is 5.50. The summed E-state index contributed by atoms with van der Waals surface area (Å²) >= 11 is 1.36. The molecule has 0 N–H and O–H groups in total. The first-order valence-corrected chi connectivity index (χ1v) is 8.24. The van der Waals surface area contributed by atoms with E-state index in [1.54, 1.807) is 6.92 Å². The fourth-order valence-electron chi connectivity index (χ4n) is 2.03. The molecule has 2 rings (SSSR count). The van der Waals surface area contributed by atoms with Gasteiger partial charge in [-0.1, -0.05) is 38.1 Å². The fourth-order valence-corrected chi connectivity index (χ4v) is 2.95. The Morgan fingerprint density at radius 2 is 2.00 bits per heavy atom. The third kappa shape index (κ3) is 4.04. The van der Waals surface area contributed by atoms with Crippen LogP contribution >= 0.6 is 11.3 Å². The Bertz CT molecular complexity index is 669. The molecule has 0 saturated heterocycles. The molecule has 116 valence electrons. The lowest BCUT2D eigenvalue weighted by molar-refractivity contribution is 0.0531. The Balaban J connectivity index is 2.13. The van der Waals surface area contributed by atoms with E-state index < -0.39 is 0 Å². The summed E-state index contributed by atoms with van der Waals surface area (Å²) < 4.78 is 5.04. The van der Waals surface area contributed by atoms with Crippen molar-refractivity contribution in [1.29, 1.82) is 0 Å². The zero-order valence-electron chi connectivity index (χ0n) is 13.4. The lowest BCUT2D eigenvalue weighted by atomic mass is 10.0. The summed E-state index contributed by atoms with van der Waals surface area (Å²) in [6, 6.07) is 10.3. The van der Waals surface area contributed by atoms with E-state index >= 15 is 0 Å². The Morgan fingerprint density at radius 1 is 1.32 bits per heavy atom. The maximum Gasteiger partial charge on any atom is 0.348 e. The number of benzene rings is 1. The molecule has 0 radical (unpaired) electrons. The third-order valence-electron chi connectivity index (χ3n) is 3.31. The van der Waals surface area contributed by atoms with Crippen molar-refractivity contribution in [2.24, 2.45) is 4.99 Å². The van der Waals surface area contributed by atoms with Crippen molar-refractivity contribution in [2.75, 3.05) is 6.61 Å². The van der Waals surface area contributed by atoms with Crippen molar-refractivity contribution >= 4 is 28.5 Å². The number of aryl methyl sites for hydroxylation is 1. The highest BCUT2D eigenvalue weighted by atomic mass is 32.1. The minimum absolute atomic E-state index is 0.271. The molecule has 0 aliphatic carbocycles. The molecule has 0 aliphatic heterocycles. The van der Waals surface area contributed by atoms with Crippen LogP contribution in [0.5, 0.6) is 0 Å². The van der Waals surface area contributed by atoms with Gasteiger partial charge in [0.05, 0.1) is 6.61 Å². The average molecular weight is 315 g/mol. The van der Waals surface area contributed by atoms with Crippen LogP contribution in [-0.2, 0) is 4.74 Å². The molecule has 0 spiro atoms.